The summed E-state index contributed by atoms with van der Waals surface area (Å²) in [5, 5.41) is 7.78. The Morgan fingerprint density at radius 1 is 1.00 bits per heavy atom. The summed E-state index contributed by atoms with van der Waals surface area (Å²) in [5.74, 6) is -1.44. The van der Waals surface area contributed by atoms with Gasteiger partial charge in [0.2, 0.25) is 0 Å². The van der Waals surface area contributed by atoms with Gasteiger partial charge < -0.3 is 10.1 Å². The van der Waals surface area contributed by atoms with Crippen molar-refractivity contribution in [3.8, 4) is 5.75 Å². The highest BCUT2D eigenvalue weighted by Crippen LogP contribution is 2.19. The Hall–Kier alpha value is -3.71. The minimum absolute atomic E-state index is 0.0272. The monoisotopic (exact) mass is 453 g/mol. The number of ether oxygens (including phenoxy) is 1. The Labute approximate surface area is 188 Å². The van der Waals surface area contributed by atoms with Crippen molar-refractivity contribution in [2.45, 2.75) is 13.2 Å². The van der Waals surface area contributed by atoms with Crippen LogP contribution in [0.1, 0.15) is 21.5 Å². The molecule has 0 fully saturated rings. The predicted molar refractivity (Wildman–Crippen MR) is 118 cm³/mol. The summed E-state index contributed by atoms with van der Waals surface area (Å²) < 4.78 is 33.8. The minimum Gasteiger partial charge on any atom is -0.486 e. The van der Waals surface area contributed by atoms with E-state index < -0.39 is 11.6 Å². The number of aromatic nitrogens is 2. The third-order valence-electron chi connectivity index (χ3n) is 4.62. The van der Waals surface area contributed by atoms with Crippen LogP contribution in [0.4, 0.5) is 14.6 Å². The minimum atomic E-state index is -0.784. The lowest BCUT2D eigenvalue weighted by molar-refractivity contribution is 0.102. The molecule has 0 radical (unpaired) electrons. The average Bonchev–Trinajstić information content (AvgIpc) is 3.21. The summed E-state index contributed by atoms with van der Waals surface area (Å²) in [6.07, 6.45) is 1.77. The number of nitrogens with zero attached hydrogens (tertiary/aromatic N) is 2. The molecule has 0 aliphatic carbocycles. The van der Waals surface area contributed by atoms with Crippen LogP contribution in [0.15, 0.2) is 79.0 Å². The molecule has 1 heterocycles. The Kier molecular flexibility index (Phi) is 6.47. The predicted octanol–water partition coefficient (Wildman–Crippen LogP) is 5.69. The molecule has 5 nitrogen and oxygen atoms in total. The summed E-state index contributed by atoms with van der Waals surface area (Å²) >= 11 is 5.90. The van der Waals surface area contributed by atoms with Crippen LogP contribution in [0.5, 0.6) is 5.75 Å². The van der Waals surface area contributed by atoms with Gasteiger partial charge in [-0.05, 0) is 47.5 Å². The third-order valence-corrected chi connectivity index (χ3v) is 4.87. The smallest absolute Gasteiger partial charge is 0.256 e. The number of halogens is 3. The molecule has 4 aromatic rings. The van der Waals surface area contributed by atoms with E-state index in [-0.39, 0.29) is 18.3 Å². The number of hydrogen-bond donors (Lipinski definition) is 1. The third kappa shape index (κ3) is 5.50. The van der Waals surface area contributed by atoms with Crippen molar-refractivity contribution in [2.24, 2.45) is 0 Å². The fourth-order valence-electron chi connectivity index (χ4n) is 3.04. The van der Waals surface area contributed by atoms with Crippen LogP contribution >= 0.6 is 11.6 Å². The molecule has 0 unspecified atom stereocenters. The number of amides is 1. The number of carbonyl (C=O) groups excluding carboxylic acids is 1. The molecule has 32 heavy (non-hydrogen) atoms. The normalized spacial score (nSPS) is 10.7. The van der Waals surface area contributed by atoms with Crippen LogP contribution in [0.3, 0.4) is 0 Å². The van der Waals surface area contributed by atoms with Crippen molar-refractivity contribution < 1.29 is 18.3 Å². The van der Waals surface area contributed by atoms with E-state index in [1.807, 2.05) is 24.3 Å². The molecular weight excluding hydrogens is 436 g/mol. The Morgan fingerprint density at radius 3 is 2.59 bits per heavy atom. The lowest BCUT2D eigenvalue weighted by Gasteiger charge is -2.09. The summed E-state index contributed by atoms with van der Waals surface area (Å²) in [4.78, 5) is 12.6. The van der Waals surface area contributed by atoms with Gasteiger partial charge >= 0.3 is 0 Å². The lowest BCUT2D eigenvalue weighted by Crippen LogP contribution is -2.13. The van der Waals surface area contributed by atoms with Gasteiger partial charge in [-0.3, -0.25) is 9.48 Å². The van der Waals surface area contributed by atoms with Crippen LogP contribution < -0.4 is 10.1 Å². The molecule has 1 amide bonds. The topological polar surface area (TPSA) is 56.2 Å². The molecule has 3 aromatic carbocycles. The summed E-state index contributed by atoms with van der Waals surface area (Å²) in [5.41, 5.74) is 2.09. The van der Waals surface area contributed by atoms with Crippen LogP contribution in [0.25, 0.3) is 0 Å². The van der Waals surface area contributed by atoms with E-state index in [0.29, 0.717) is 28.5 Å². The molecule has 0 saturated carbocycles. The fraction of sp³-hybridized carbons (Fsp3) is 0.0833. The zero-order valence-corrected chi connectivity index (χ0v) is 17.5. The van der Waals surface area contributed by atoms with Crippen molar-refractivity contribution in [3.63, 3.8) is 0 Å². The van der Waals surface area contributed by atoms with Gasteiger partial charge in [0.05, 0.1) is 6.54 Å². The number of nitrogens with one attached hydrogen (secondary N) is 1. The van der Waals surface area contributed by atoms with Crippen LogP contribution in [0, 0.1) is 11.6 Å². The SMILES string of the molecule is O=C(Nc1ccn(Cc2ccc(Cl)cc2)n1)c1cccc(COc2ccc(F)cc2F)c1. The quantitative estimate of drug-likeness (QED) is 0.391. The Bertz CT molecular complexity index is 1240. The molecule has 0 aliphatic heterocycles. The number of benzene rings is 3. The van der Waals surface area contributed by atoms with E-state index in [2.05, 4.69) is 10.4 Å². The van der Waals surface area contributed by atoms with Gasteiger partial charge in [0.25, 0.3) is 5.91 Å². The Morgan fingerprint density at radius 2 is 1.81 bits per heavy atom. The maximum Gasteiger partial charge on any atom is 0.256 e. The highest BCUT2D eigenvalue weighted by Gasteiger charge is 2.10. The number of rotatable bonds is 7. The molecule has 0 spiro atoms. The van der Waals surface area contributed by atoms with Gasteiger partial charge in [0.1, 0.15) is 12.4 Å². The van der Waals surface area contributed by atoms with E-state index in [4.69, 9.17) is 16.3 Å². The molecule has 0 saturated heterocycles. The zero-order valence-electron chi connectivity index (χ0n) is 16.8. The first kappa shape index (κ1) is 21.5. The van der Waals surface area contributed by atoms with Crippen molar-refractivity contribution in [1.82, 2.24) is 9.78 Å². The van der Waals surface area contributed by atoms with Crippen molar-refractivity contribution in [2.75, 3.05) is 5.32 Å². The maximum absolute atomic E-state index is 13.7. The maximum atomic E-state index is 13.7. The molecule has 162 valence electrons. The first-order valence-corrected chi connectivity index (χ1v) is 10.1. The molecule has 1 N–H and O–H groups in total. The first-order valence-electron chi connectivity index (χ1n) is 9.72. The van der Waals surface area contributed by atoms with E-state index >= 15 is 0 Å². The second-order valence-corrected chi connectivity index (χ2v) is 7.48. The second-order valence-electron chi connectivity index (χ2n) is 7.04. The van der Waals surface area contributed by atoms with Crippen molar-refractivity contribution in [1.29, 1.82) is 0 Å². The van der Waals surface area contributed by atoms with Crippen LogP contribution in [-0.4, -0.2) is 15.7 Å². The molecule has 4 rings (SSSR count). The van der Waals surface area contributed by atoms with E-state index in [1.54, 1.807) is 41.2 Å². The average molecular weight is 454 g/mol. The lowest BCUT2D eigenvalue weighted by atomic mass is 10.1. The van der Waals surface area contributed by atoms with Crippen LogP contribution in [-0.2, 0) is 13.2 Å². The van der Waals surface area contributed by atoms with Crippen LogP contribution in [0.2, 0.25) is 5.02 Å². The van der Waals surface area contributed by atoms with Gasteiger partial charge in [0.15, 0.2) is 17.4 Å². The summed E-state index contributed by atoms with van der Waals surface area (Å²) in [7, 11) is 0. The largest absolute Gasteiger partial charge is 0.486 e. The van der Waals surface area contributed by atoms with Gasteiger partial charge in [0, 0.05) is 28.9 Å². The second kappa shape index (κ2) is 9.62. The molecule has 0 bridgehead atoms. The summed E-state index contributed by atoms with van der Waals surface area (Å²) in [6, 6.07) is 19.0. The molecule has 0 aliphatic rings. The van der Waals surface area contributed by atoms with E-state index in [9.17, 15) is 13.6 Å². The van der Waals surface area contributed by atoms with Gasteiger partial charge in [-0.2, -0.15) is 5.10 Å². The van der Waals surface area contributed by atoms with Crippen molar-refractivity contribution in [3.05, 3.63) is 112 Å². The molecule has 1 aromatic heterocycles. The summed E-state index contributed by atoms with van der Waals surface area (Å²) in [6.45, 7) is 0.569. The van der Waals surface area contributed by atoms with E-state index in [1.165, 1.54) is 6.07 Å². The molecular formula is C24H18ClF2N3O2. The first-order chi connectivity index (χ1) is 15.5. The fourth-order valence-corrected chi connectivity index (χ4v) is 3.16. The number of anilines is 1. The zero-order chi connectivity index (χ0) is 22.5. The van der Waals surface area contributed by atoms with Gasteiger partial charge in [-0.1, -0.05) is 35.9 Å². The molecule has 0 atom stereocenters. The van der Waals surface area contributed by atoms with Crippen molar-refractivity contribution >= 4 is 23.3 Å². The highest BCUT2D eigenvalue weighted by atomic mass is 35.5. The van der Waals surface area contributed by atoms with Gasteiger partial charge in [-0.15, -0.1) is 0 Å². The van der Waals surface area contributed by atoms with Gasteiger partial charge in [-0.25, -0.2) is 8.78 Å². The Balaban J connectivity index is 1.37. The standard InChI is InChI=1S/C24H18ClF2N3O2/c25-19-6-4-16(5-7-19)14-30-11-10-23(29-30)28-24(31)18-3-1-2-17(12-18)15-32-22-9-8-20(26)13-21(22)27/h1-13H,14-15H2,(H,28,29,31). The highest BCUT2D eigenvalue weighted by molar-refractivity contribution is 6.30. The number of carbonyl (C=O) groups is 1. The van der Waals surface area contributed by atoms with E-state index in [0.717, 1.165) is 17.7 Å². The number of hydrogen-bond acceptors (Lipinski definition) is 3. The molecule has 8 heteroatoms.